The molecule has 0 aliphatic carbocycles. The number of hydrogen-bond donors (Lipinski definition) is 1. The normalized spacial score (nSPS) is 21.6. The molecule has 1 amide bonds. The van der Waals surface area contributed by atoms with Crippen LogP contribution in [0.2, 0.25) is 0 Å². The Kier molecular flexibility index (Phi) is 2.00. The molecular formula is C10H12N2O. The van der Waals surface area contributed by atoms with Crippen molar-refractivity contribution in [3.8, 4) is 0 Å². The number of rotatable bonds is 1. The van der Waals surface area contributed by atoms with Gasteiger partial charge in [0, 0.05) is 30.8 Å². The fraction of sp³-hybridized carbons (Fsp3) is 0.400. The van der Waals surface area contributed by atoms with Gasteiger partial charge in [-0.1, -0.05) is 6.07 Å². The van der Waals surface area contributed by atoms with Crippen LogP contribution in [-0.4, -0.2) is 17.4 Å². The summed E-state index contributed by atoms with van der Waals surface area (Å²) in [6, 6.07) is 4.03. The van der Waals surface area contributed by atoms with Gasteiger partial charge >= 0.3 is 0 Å². The molecular weight excluding hydrogens is 164 g/mol. The summed E-state index contributed by atoms with van der Waals surface area (Å²) in [5, 5.41) is 2.80. The van der Waals surface area contributed by atoms with E-state index in [1.165, 1.54) is 0 Å². The number of pyridine rings is 1. The zero-order valence-corrected chi connectivity index (χ0v) is 7.58. The summed E-state index contributed by atoms with van der Waals surface area (Å²) < 4.78 is 0. The van der Waals surface area contributed by atoms with Crippen LogP contribution >= 0.6 is 0 Å². The average Bonchev–Trinajstić information content (AvgIpc) is 2.53. The maximum absolute atomic E-state index is 11.0. The first-order chi connectivity index (χ1) is 6.25. The van der Waals surface area contributed by atoms with Crippen LogP contribution in [-0.2, 0) is 4.79 Å². The van der Waals surface area contributed by atoms with Gasteiger partial charge < -0.3 is 5.32 Å². The number of amides is 1. The van der Waals surface area contributed by atoms with E-state index in [9.17, 15) is 4.79 Å². The van der Waals surface area contributed by atoms with Gasteiger partial charge in [0.1, 0.15) is 0 Å². The second kappa shape index (κ2) is 3.17. The predicted octanol–water partition coefficient (Wildman–Crippen LogP) is 0.994. The van der Waals surface area contributed by atoms with Crippen molar-refractivity contribution in [2.75, 3.05) is 6.54 Å². The summed E-state index contributed by atoms with van der Waals surface area (Å²) in [7, 11) is 0. The first-order valence-corrected chi connectivity index (χ1v) is 4.45. The third kappa shape index (κ3) is 1.69. The van der Waals surface area contributed by atoms with Crippen LogP contribution in [0.3, 0.4) is 0 Å². The van der Waals surface area contributed by atoms with Gasteiger partial charge in [-0.25, -0.2) is 0 Å². The first-order valence-electron chi connectivity index (χ1n) is 4.45. The highest BCUT2D eigenvalue weighted by Crippen LogP contribution is 2.20. The SMILES string of the molecule is Cc1ccc(C2CNC(=O)C2)nc1. The highest BCUT2D eigenvalue weighted by Gasteiger charge is 2.23. The Morgan fingerprint density at radius 3 is 2.92 bits per heavy atom. The molecule has 1 fully saturated rings. The summed E-state index contributed by atoms with van der Waals surface area (Å²) in [5.41, 5.74) is 2.17. The van der Waals surface area contributed by atoms with Crippen LogP contribution in [0.5, 0.6) is 0 Å². The van der Waals surface area contributed by atoms with Gasteiger partial charge in [-0.3, -0.25) is 9.78 Å². The minimum absolute atomic E-state index is 0.132. The Hall–Kier alpha value is -1.38. The lowest BCUT2D eigenvalue weighted by Gasteiger charge is -2.05. The molecule has 0 spiro atoms. The van der Waals surface area contributed by atoms with Gasteiger partial charge in [0.25, 0.3) is 0 Å². The van der Waals surface area contributed by atoms with E-state index in [1.54, 1.807) is 0 Å². The maximum Gasteiger partial charge on any atom is 0.220 e. The Labute approximate surface area is 77.2 Å². The Morgan fingerprint density at radius 1 is 1.54 bits per heavy atom. The minimum Gasteiger partial charge on any atom is -0.355 e. The average molecular weight is 176 g/mol. The highest BCUT2D eigenvalue weighted by atomic mass is 16.1. The van der Waals surface area contributed by atoms with E-state index in [0.717, 1.165) is 17.8 Å². The molecule has 3 heteroatoms. The molecule has 0 aromatic carbocycles. The van der Waals surface area contributed by atoms with Crippen LogP contribution in [0.25, 0.3) is 0 Å². The van der Waals surface area contributed by atoms with Gasteiger partial charge in [-0.05, 0) is 18.6 Å². The number of carbonyl (C=O) groups is 1. The van der Waals surface area contributed by atoms with Gasteiger partial charge in [-0.15, -0.1) is 0 Å². The van der Waals surface area contributed by atoms with Crippen LogP contribution in [0.4, 0.5) is 0 Å². The van der Waals surface area contributed by atoms with E-state index >= 15 is 0 Å². The van der Waals surface area contributed by atoms with E-state index in [1.807, 2.05) is 25.3 Å². The van der Waals surface area contributed by atoms with Gasteiger partial charge in [0.2, 0.25) is 5.91 Å². The van der Waals surface area contributed by atoms with E-state index in [-0.39, 0.29) is 11.8 Å². The molecule has 1 aliphatic heterocycles. The maximum atomic E-state index is 11.0. The first kappa shape index (κ1) is 8.23. The van der Waals surface area contributed by atoms with Crippen LogP contribution in [0, 0.1) is 6.92 Å². The van der Waals surface area contributed by atoms with Crippen molar-refractivity contribution in [1.82, 2.24) is 10.3 Å². The second-order valence-corrected chi connectivity index (χ2v) is 3.47. The number of nitrogens with zero attached hydrogens (tertiary/aromatic N) is 1. The van der Waals surface area contributed by atoms with Crippen molar-refractivity contribution in [3.05, 3.63) is 29.6 Å². The van der Waals surface area contributed by atoms with Crippen molar-refractivity contribution in [2.45, 2.75) is 19.3 Å². The number of hydrogen-bond acceptors (Lipinski definition) is 2. The molecule has 3 nitrogen and oxygen atoms in total. The van der Waals surface area contributed by atoms with E-state index in [2.05, 4.69) is 10.3 Å². The summed E-state index contributed by atoms with van der Waals surface area (Å²) in [5.74, 6) is 0.403. The summed E-state index contributed by atoms with van der Waals surface area (Å²) >= 11 is 0. The standard InChI is InChI=1S/C10H12N2O/c1-7-2-3-9(11-5-7)8-4-10(13)12-6-8/h2-3,5,8H,4,6H2,1H3,(H,12,13). The van der Waals surface area contributed by atoms with Crippen LogP contribution in [0.15, 0.2) is 18.3 Å². The third-order valence-corrected chi connectivity index (χ3v) is 2.33. The molecule has 1 saturated heterocycles. The van der Waals surface area contributed by atoms with Crippen molar-refractivity contribution >= 4 is 5.91 Å². The topological polar surface area (TPSA) is 42.0 Å². The largest absolute Gasteiger partial charge is 0.355 e. The summed E-state index contributed by atoms with van der Waals surface area (Å²) in [6.45, 7) is 2.74. The Bertz CT molecular complexity index is 318. The molecule has 1 atom stereocenters. The zero-order valence-electron chi connectivity index (χ0n) is 7.58. The monoisotopic (exact) mass is 176 g/mol. The molecule has 0 radical (unpaired) electrons. The molecule has 1 aromatic heterocycles. The van der Waals surface area contributed by atoms with E-state index in [4.69, 9.17) is 0 Å². The summed E-state index contributed by atoms with van der Waals surface area (Å²) in [4.78, 5) is 15.3. The van der Waals surface area contributed by atoms with Crippen molar-refractivity contribution in [2.24, 2.45) is 0 Å². The number of carbonyl (C=O) groups excluding carboxylic acids is 1. The molecule has 2 heterocycles. The Morgan fingerprint density at radius 2 is 2.38 bits per heavy atom. The number of nitrogens with one attached hydrogen (secondary N) is 1. The lowest BCUT2D eigenvalue weighted by Crippen LogP contribution is -2.13. The van der Waals surface area contributed by atoms with Gasteiger partial charge in [-0.2, -0.15) is 0 Å². The third-order valence-electron chi connectivity index (χ3n) is 2.33. The minimum atomic E-state index is 0.132. The fourth-order valence-electron chi connectivity index (χ4n) is 1.54. The molecule has 1 aliphatic rings. The molecule has 0 bridgehead atoms. The molecule has 13 heavy (non-hydrogen) atoms. The van der Waals surface area contributed by atoms with E-state index < -0.39 is 0 Å². The van der Waals surface area contributed by atoms with Crippen LogP contribution < -0.4 is 5.32 Å². The lowest BCUT2D eigenvalue weighted by atomic mass is 10.0. The van der Waals surface area contributed by atoms with Gasteiger partial charge in [0.15, 0.2) is 0 Å². The quantitative estimate of drug-likeness (QED) is 0.693. The van der Waals surface area contributed by atoms with Crippen LogP contribution in [0.1, 0.15) is 23.6 Å². The molecule has 1 N–H and O–H groups in total. The van der Waals surface area contributed by atoms with Gasteiger partial charge in [0.05, 0.1) is 0 Å². The van der Waals surface area contributed by atoms with Crippen molar-refractivity contribution in [3.63, 3.8) is 0 Å². The van der Waals surface area contributed by atoms with Crippen molar-refractivity contribution < 1.29 is 4.79 Å². The molecule has 0 saturated carbocycles. The lowest BCUT2D eigenvalue weighted by molar-refractivity contribution is -0.119. The molecule has 68 valence electrons. The predicted molar refractivity (Wildman–Crippen MR) is 49.3 cm³/mol. The highest BCUT2D eigenvalue weighted by molar-refractivity contribution is 5.79. The summed E-state index contributed by atoms with van der Waals surface area (Å²) in [6.07, 6.45) is 2.42. The fourth-order valence-corrected chi connectivity index (χ4v) is 1.54. The smallest absolute Gasteiger partial charge is 0.220 e. The Balaban J connectivity index is 2.17. The zero-order chi connectivity index (χ0) is 9.26. The number of aryl methyl sites for hydroxylation is 1. The molecule has 1 aromatic rings. The molecule has 1 unspecified atom stereocenters. The van der Waals surface area contributed by atoms with E-state index in [0.29, 0.717) is 6.42 Å². The van der Waals surface area contributed by atoms with Crippen molar-refractivity contribution in [1.29, 1.82) is 0 Å². The molecule has 2 rings (SSSR count). The number of aromatic nitrogens is 1. The second-order valence-electron chi connectivity index (χ2n) is 3.47.